The zero-order valence-corrected chi connectivity index (χ0v) is 16.6. The summed E-state index contributed by atoms with van der Waals surface area (Å²) >= 11 is 0. The summed E-state index contributed by atoms with van der Waals surface area (Å²) in [5, 5.41) is 0. The quantitative estimate of drug-likeness (QED) is 0.598. The molecule has 1 heterocycles. The van der Waals surface area contributed by atoms with Gasteiger partial charge in [0.15, 0.2) is 0 Å². The third kappa shape index (κ3) is 12.1. The molecule has 23 heavy (non-hydrogen) atoms. The first-order valence-corrected chi connectivity index (χ1v) is 7.42. The van der Waals surface area contributed by atoms with Crippen molar-refractivity contribution >= 4 is 0 Å². The summed E-state index contributed by atoms with van der Waals surface area (Å²) in [5.41, 5.74) is 1.35. The van der Waals surface area contributed by atoms with Gasteiger partial charge in [-0.2, -0.15) is 0 Å². The summed E-state index contributed by atoms with van der Waals surface area (Å²) in [4.78, 5) is 2.53. The van der Waals surface area contributed by atoms with E-state index in [0.717, 1.165) is 11.8 Å². The zero-order chi connectivity index (χ0) is 14.3. The Balaban J connectivity index is -0.000000138. The minimum atomic E-state index is 0. The van der Waals surface area contributed by atoms with E-state index in [1.807, 2.05) is 12.1 Å². The fraction of sp³-hybridized carbons (Fsp3) is 0.700. The number of hydrogen-bond donors (Lipinski definition) is 0. The number of hydrogen-bond acceptors (Lipinski definition) is 2. The average Bonchev–Trinajstić information content (AvgIpc) is 2.93. The van der Waals surface area contributed by atoms with E-state index in [9.17, 15) is 0 Å². The van der Waals surface area contributed by atoms with Gasteiger partial charge in [-0.25, -0.2) is 0 Å². The van der Waals surface area contributed by atoms with Crippen molar-refractivity contribution in [3.8, 4) is 5.75 Å². The van der Waals surface area contributed by atoms with Crippen molar-refractivity contribution in [3.63, 3.8) is 0 Å². The Morgan fingerprint density at radius 3 is 1.57 bits per heavy atom. The standard InChI is InChI=1S/C10H14O.C7H15N.3CH4.Y/c1-8(2)9-4-6-10(11-3)7-5-9;1-7(2)8-5-3-4-6-8;;;;/h4-8H,1-3H3;7H,3-6H2,1-2H3;3*1H4;. The molecule has 1 aliphatic heterocycles. The van der Waals surface area contributed by atoms with Gasteiger partial charge in [0.25, 0.3) is 0 Å². The van der Waals surface area contributed by atoms with Gasteiger partial charge in [0.2, 0.25) is 0 Å². The first-order valence-electron chi connectivity index (χ1n) is 7.42. The fourth-order valence-corrected chi connectivity index (χ4v) is 2.25. The van der Waals surface area contributed by atoms with E-state index in [4.69, 9.17) is 4.74 Å². The monoisotopic (exact) mass is 400 g/mol. The maximum absolute atomic E-state index is 5.05. The van der Waals surface area contributed by atoms with E-state index in [2.05, 4.69) is 44.7 Å². The third-order valence-corrected chi connectivity index (χ3v) is 3.65. The average molecular weight is 400 g/mol. The largest absolute Gasteiger partial charge is 0.497 e. The number of nitrogens with zero attached hydrogens (tertiary/aromatic N) is 1. The molecule has 2 nitrogen and oxygen atoms in total. The van der Waals surface area contributed by atoms with Crippen molar-refractivity contribution in [2.75, 3.05) is 20.2 Å². The number of methoxy groups -OCH3 is 1. The number of likely N-dealkylation sites (tertiary alicyclic amines) is 1. The molecule has 0 N–H and O–H groups in total. The van der Waals surface area contributed by atoms with Crippen LogP contribution in [0.4, 0.5) is 0 Å². The third-order valence-electron chi connectivity index (χ3n) is 3.65. The molecule has 0 amide bonds. The molecule has 3 heteroatoms. The van der Waals surface area contributed by atoms with Crippen LogP contribution < -0.4 is 4.74 Å². The van der Waals surface area contributed by atoms with Crippen molar-refractivity contribution in [1.29, 1.82) is 0 Å². The van der Waals surface area contributed by atoms with Crippen LogP contribution in [0.25, 0.3) is 0 Å². The molecule has 2 rings (SSSR count). The van der Waals surface area contributed by atoms with Crippen molar-refractivity contribution < 1.29 is 37.4 Å². The van der Waals surface area contributed by atoms with E-state index in [1.165, 1.54) is 31.5 Å². The first kappa shape index (κ1) is 30.9. The molecule has 0 atom stereocenters. The molecule has 0 unspecified atom stereocenters. The predicted octanol–water partition coefficient (Wildman–Crippen LogP) is 6.22. The number of rotatable bonds is 3. The van der Waals surface area contributed by atoms with E-state index in [0.29, 0.717) is 5.92 Å². The minimum Gasteiger partial charge on any atom is -0.497 e. The normalized spacial score (nSPS) is 12.8. The Morgan fingerprint density at radius 2 is 1.30 bits per heavy atom. The summed E-state index contributed by atoms with van der Waals surface area (Å²) in [5.74, 6) is 1.52. The van der Waals surface area contributed by atoms with Gasteiger partial charge in [-0.15, -0.1) is 0 Å². The minimum absolute atomic E-state index is 0. The van der Waals surface area contributed by atoms with Crippen molar-refractivity contribution in [1.82, 2.24) is 4.90 Å². The maximum Gasteiger partial charge on any atom is 0.118 e. The van der Waals surface area contributed by atoms with Crippen LogP contribution in [0.5, 0.6) is 5.75 Å². The summed E-state index contributed by atoms with van der Waals surface area (Å²) in [6, 6.07) is 8.97. The molecule has 1 aliphatic rings. The van der Waals surface area contributed by atoms with Crippen LogP contribution in [0.2, 0.25) is 0 Å². The molecule has 1 aromatic rings. The van der Waals surface area contributed by atoms with Crippen LogP contribution in [0.1, 0.15) is 74.3 Å². The molecule has 1 saturated heterocycles. The molecule has 0 aromatic heterocycles. The Kier molecular flexibility index (Phi) is 22.7. The fourth-order valence-electron chi connectivity index (χ4n) is 2.25. The zero-order valence-electron chi connectivity index (χ0n) is 13.7. The smallest absolute Gasteiger partial charge is 0.118 e. The first-order chi connectivity index (χ1) is 9.04. The van der Waals surface area contributed by atoms with Crippen molar-refractivity contribution in [2.24, 2.45) is 0 Å². The van der Waals surface area contributed by atoms with Crippen molar-refractivity contribution in [3.05, 3.63) is 29.8 Å². The summed E-state index contributed by atoms with van der Waals surface area (Å²) < 4.78 is 5.05. The van der Waals surface area contributed by atoms with Gasteiger partial charge >= 0.3 is 0 Å². The van der Waals surface area contributed by atoms with Crippen LogP contribution in [0.15, 0.2) is 24.3 Å². The predicted molar refractivity (Wildman–Crippen MR) is 103 cm³/mol. The maximum atomic E-state index is 5.05. The molecule has 1 radical (unpaired) electrons. The van der Waals surface area contributed by atoms with Crippen LogP contribution in [-0.2, 0) is 32.7 Å². The van der Waals surface area contributed by atoms with E-state index < -0.39 is 0 Å². The number of benzene rings is 1. The molecule has 0 aliphatic carbocycles. The van der Waals surface area contributed by atoms with E-state index >= 15 is 0 Å². The molecule has 0 spiro atoms. The van der Waals surface area contributed by atoms with Crippen LogP contribution in [0, 0.1) is 0 Å². The second kappa shape index (κ2) is 16.9. The topological polar surface area (TPSA) is 12.5 Å². The Morgan fingerprint density at radius 1 is 0.870 bits per heavy atom. The van der Waals surface area contributed by atoms with Gasteiger partial charge in [-0.1, -0.05) is 48.3 Å². The van der Waals surface area contributed by atoms with Gasteiger partial charge in [0, 0.05) is 38.8 Å². The van der Waals surface area contributed by atoms with Crippen LogP contribution in [-0.4, -0.2) is 31.1 Å². The molecular weight excluding hydrogens is 359 g/mol. The van der Waals surface area contributed by atoms with Crippen LogP contribution in [0.3, 0.4) is 0 Å². The summed E-state index contributed by atoms with van der Waals surface area (Å²) in [6.45, 7) is 11.6. The van der Waals surface area contributed by atoms with Gasteiger partial charge in [-0.05, 0) is 63.4 Å². The molecule has 0 saturated carbocycles. The molecular formula is C20H41NOY. The van der Waals surface area contributed by atoms with Gasteiger partial charge < -0.3 is 9.64 Å². The Labute approximate surface area is 172 Å². The second-order valence-electron chi connectivity index (χ2n) is 5.76. The van der Waals surface area contributed by atoms with E-state index in [1.54, 1.807) is 7.11 Å². The van der Waals surface area contributed by atoms with Gasteiger partial charge in [0.05, 0.1) is 7.11 Å². The van der Waals surface area contributed by atoms with Gasteiger partial charge in [0.1, 0.15) is 5.75 Å². The van der Waals surface area contributed by atoms with E-state index in [-0.39, 0.29) is 55.0 Å². The van der Waals surface area contributed by atoms with Crippen molar-refractivity contribution in [2.45, 2.75) is 74.8 Å². The SMILES string of the molecule is C.C.C.CC(C)N1CCCC1.COc1ccc(C(C)C)cc1.[Y]. The van der Waals surface area contributed by atoms with Crippen LogP contribution >= 0.6 is 0 Å². The molecule has 0 bridgehead atoms. The Bertz CT molecular complexity index is 343. The molecule has 1 aromatic carbocycles. The summed E-state index contributed by atoms with van der Waals surface area (Å²) in [6.07, 6.45) is 2.83. The summed E-state index contributed by atoms with van der Waals surface area (Å²) in [7, 11) is 1.68. The molecule has 1 fully saturated rings. The Hall–Kier alpha value is 0.0839. The second-order valence-corrected chi connectivity index (χ2v) is 5.76. The number of ether oxygens (including phenoxy) is 1. The van der Waals surface area contributed by atoms with Gasteiger partial charge in [-0.3, -0.25) is 0 Å². The molecule has 135 valence electrons.